The lowest BCUT2D eigenvalue weighted by molar-refractivity contribution is -0.156. The van der Waals surface area contributed by atoms with Crippen LogP contribution >= 0.6 is 0 Å². The molecule has 2 amide bonds. The van der Waals surface area contributed by atoms with Gasteiger partial charge in [0.05, 0.1) is 18.7 Å². The topological polar surface area (TPSA) is 76.2 Å². The number of nitrogens with zero attached hydrogens (tertiary/aromatic N) is 2. The first-order valence-electron chi connectivity index (χ1n) is 9.58. The van der Waals surface area contributed by atoms with Crippen LogP contribution in [-0.4, -0.2) is 55.0 Å². The average Bonchev–Trinajstić information content (AvgIpc) is 3.00. The Morgan fingerprint density at radius 1 is 1.21 bits per heavy atom. The van der Waals surface area contributed by atoms with Gasteiger partial charge in [0.2, 0.25) is 5.91 Å². The Morgan fingerprint density at radius 3 is 2.43 bits per heavy atom. The lowest BCUT2D eigenvalue weighted by Gasteiger charge is -2.30. The van der Waals surface area contributed by atoms with Crippen LogP contribution < -0.4 is 9.64 Å². The fourth-order valence-electron chi connectivity index (χ4n) is 3.61. The molecule has 0 radical (unpaired) electrons. The number of hydrogen-bond donors (Lipinski definition) is 0. The first kappa shape index (κ1) is 21.7. The molecule has 0 bridgehead atoms. The molecule has 28 heavy (non-hydrogen) atoms. The predicted octanol–water partition coefficient (Wildman–Crippen LogP) is 2.55. The van der Waals surface area contributed by atoms with Crippen molar-refractivity contribution in [3.05, 3.63) is 23.8 Å². The number of ether oxygens (including phenoxy) is 2. The molecule has 1 aliphatic rings. The average molecular weight is 390 g/mol. The van der Waals surface area contributed by atoms with Crippen LogP contribution in [0.4, 0.5) is 5.69 Å². The van der Waals surface area contributed by atoms with E-state index in [1.165, 1.54) is 0 Å². The van der Waals surface area contributed by atoms with Gasteiger partial charge in [-0.25, -0.2) is 0 Å². The Morgan fingerprint density at radius 2 is 1.86 bits per heavy atom. The van der Waals surface area contributed by atoms with Gasteiger partial charge in [-0.05, 0) is 52.3 Å². The summed E-state index contributed by atoms with van der Waals surface area (Å²) in [7, 11) is 1.54. The van der Waals surface area contributed by atoms with Crippen LogP contribution in [0.15, 0.2) is 18.2 Å². The van der Waals surface area contributed by atoms with Crippen LogP contribution in [0.1, 0.15) is 39.7 Å². The molecule has 0 N–H and O–H groups in total. The van der Waals surface area contributed by atoms with E-state index in [0.29, 0.717) is 11.4 Å². The van der Waals surface area contributed by atoms with E-state index in [9.17, 15) is 14.4 Å². The van der Waals surface area contributed by atoms with Crippen LogP contribution in [0.25, 0.3) is 0 Å². The molecule has 7 heteroatoms. The Bertz CT molecular complexity index is 736. The number of esters is 1. The van der Waals surface area contributed by atoms with Gasteiger partial charge >= 0.3 is 5.97 Å². The molecule has 0 aromatic heterocycles. The van der Waals surface area contributed by atoms with Crippen LogP contribution in [0.3, 0.4) is 0 Å². The van der Waals surface area contributed by atoms with Gasteiger partial charge in [-0.3, -0.25) is 14.4 Å². The number of methoxy groups -OCH3 is 1. The van der Waals surface area contributed by atoms with Crippen molar-refractivity contribution < 1.29 is 23.9 Å². The van der Waals surface area contributed by atoms with E-state index in [4.69, 9.17) is 9.47 Å². The standard InChI is InChI=1S/C21H30N2O5/c1-13(2)23(14(3)4)20(25)12-28-21(26)16-10-19(24)22(11-16)17-9-15(5)7-8-18(17)27-6/h7-9,13-14,16H,10-12H2,1-6H3/t16-/m0/s1. The summed E-state index contributed by atoms with van der Waals surface area (Å²) in [6.45, 7) is 9.50. The highest BCUT2D eigenvalue weighted by Gasteiger charge is 2.37. The third kappa shape index (κ3) is 4.82. The molecule has 1 heterocycles. The maximum absolute atomic E-state index is 12.5. The van der Waals surface area contributed by atoms with Crippen molar-refractivity contribution in [2.24, 2.45) is 5.92 Å². The molecular weight excluding hydrogens is 360 g/mol. The van der Waals surface area contributed by atoms with Crippen molar-refractivity contribution in [3.8, 4) is 5.75 Å². The molecule has 0 spiro atoms. The SMILES string of the molecule is COc1ccc(C)cc1N1C[C@@H](C(=O)OCC(=O)N(C(C)C)C(C)C)CC1=O. The van der Waals surface area contributed by atoms with Gasteiger partial charge in [-0.2, -0.15) is 0 Å². The number of aryl methyl sites for hydroxylation is 1. The number of amides is 2. The molecule has 0 saturated carbocycles. The minimum absolute atomic E-state index is 0.0172. The van der Waals surface area contributed by atoms with Gasteiger partial charge in [-0.15, -0.1) is 0 Å². The molecule has 1 fully saturated rings. The maximum Gasteiger partial charge on any atom is 0.311 e. The zero-order valence-corrected chi connectivity index (χ0v) is 17.5. The Hall–Kier alpha value is -2.57. The van der Waals surface area contributed by atoms with Crippen LogP contribution in [0.5, 0.6) is 5.75 Å². The molecule has 1 atom stereocenters. The van der Waals surface area contributed by atoms with Crippen LogP contribution in [0.2, 0.25) is 0 Å². The van der Waals surface area contributed by atoms with Crippen molar-refractivity contribution in [2.75, 3.05) is 25.2 Å². The molecule has 2 rings (SSSR count). The smallest absolute Gasteiger partial charge is 0.311 e. The number of hydrogen-bond acceptors (Lipinski definition) is 5. The molecule has 0 unspecified atom stereocenters. The molecular formula is C21H30N2O5. The summed E-state index contributed by atoms with van der Waals surface area (Å²) < 4.78 is 10.6. The summed E-state index contributed by atoms with van der Waals surface area (Å²) in [6.07, 6.45) is 0.0577. The summed E-state index contributed by atoms with van der Waals surface area (Å²) in [4.78, 5) is 40.5. The number of anilines is 1. The third-order valence-corrected chi connectivity index (χ3v) is 4.82. The summed E-state index contributed by atoms with van der Waals surface area (Å²) in [5, 5.41) is 0. The molecule has 1 aliphatic heterocycles. The van der Waals surface area contributed by atoms with Gasteiger partial charge in [-0.1, -0.05) is 6.07 Å². The van der Waals surface area contributed by atoms with E-state index >= 15 is 0 Å². The van der Waals surface area contributed by atoms with Crippen molar-refractivity contribution in [1.29, 1.82) is 0 Å². The zero-order valence-electron chi connectivity index (χ0n) is 17.5. The number of carbonyl (C=O) groups is 3. The first-order chi connectivity index (χ1) is 13.1. The second kappa shape index (κ2) is 9.08. The minimum atomic E-state index is -0.600. The summed E-state index contributed by atoms with van der Waals surface area (Å²) >= 11 is 0. The fourth-order valence-corrected chi connectivity index (χ4v) is 3.61. The highest BCUT2D eigenvalue weighted by Crippen LogP contribution is 2.34. The third-order valence-electron chi connectivity index (χ3n) is 4.82. The van der Waals surface area contributed by atoms with E-state index in [2.05, 4.69) is 0 Å². The molecule has 0 aliphatic carbocycles. The summed E-state index contributed by atoms with van der Waals surface area (Å²) in [5.74, 6) is -0.948. The van der Waals surface area contributed by atoms with E-state index in [-0.39, 0.29) is 43.5 Å². The number of carbonyl (C=O) groups excluding carboxylic acids is 3. The zero-order chi connectivity index (χ0) is 21.0. The van der Waals surface area contributed by atoms with E-state index in [1.807, 2.05) is 46.8 Å². The molecule has 1 aromatic rings. The van der Waals surface area contributed by atoms with E-state index in [1.54, 1.807) is 23.0 Å². The van der Waals surface area contributed by atoms with Gasteiger partial charge in [0.15, 0.2) is 6.61 Å². The lowest BCUT2D eigenvalue weighted by Crippen LogP contribution is -2.44. The maximum atomic E-state index is 12.5. The van der Waals surface area contributed by atoms with Crippen molar-refractivity contribution in [1.82, 2.24) is 4.90 Å². The largest absolute Gasteiger partial charge is 0.495 e. The second-order valence-electron chi connectivity index (χ2n) is 7.68. The molecule has 7 nitrogen and oxygen atoms in total. The van der Waals surface area contributed by atoms with Gasteiger partial charge < -0.3 is 19.3 Å². The Kier molecular flexibility index (Phi) is 7.05. The monoisotopic (exact) mass is 390 g/mol. The highest BCUT2D eigenvalue weighted by atomic mass is 16.5. The minimum Gasteiger partial charge on any atom is -0.495 e. The van der Waals surface area contributed by atoms with E-state index < -0.39 is 11.9 Å². The fraction of sp³-hybridized carbons (Fsp3) is 0.571. The van der Waals surface area contributed by atoms with Crippen LogP contribution in [-0.2, 0) is 19.1 Å². The Balaban J connectivity index is 2.02. The normalized spacial score (nSPS) is 16.6. The highest BCUT2D eigenvalue weighted by molar-refractivity contribution is 6.00. The van der Waals surface area contributed by atoms with E-state index in [0.717, 1.165) is 5.56 Å². The number of benzene rings is 1. The molecule has 1 aromatic carbocycles. The summed E-state index contributed by atoms with van der Waals surface area (Å²) in [5.41, 5.74) is 1.63. The van der Waals surface area contributed by atoms with Crippen molar-refractivity contribution in [3.63, 3.8) is 0 Å². The summed E-state index contributed by atoms with van der Waals surface area (Å²) in [6, 6.07) is 5.59. The molecule has 154 valence electrons. The van der Waals surface area contributed by atoms with Crippen LogP contribution in [0, 0.1) is 12.8 Å². The second-order valence-corrected chi connectivity index (χ2v) is 7.68. The van der Waals surface area contributed by atoms with Gasteiger partial charge in [0.1, 0.15) is 5.75 Å². The number of rotatable bonds is 7. The quantitative estimate of drug-likeness (QED) is 0.669. The van der Waals surface area contributed by atoms with Crippen molar-refractivity contribution >= 4 is 23.5 Å². The first-order valence-corrected chi connectivity index (χ1v) is 9.58. The predicted molar refractivity (Wildman–Crippen MR) is 106 cm³/mol. The molecule has 1 saturated heterocycles. The lowest BCUT2D eigenvalue weighted by atomic mass is 10.1. The Labute approximate surface area is 166 Å². The van der Waals surface area contributed by atoms with Crippen molar-refractivity contribution in [2.45, 2.75) is 53.1 Å². The van der Waals surface area contributed by atoms with Gasteiger partial charge in [0.25, 0.3) is 5.91 Å². The van der Waals surface area contributed by atoms with Gasteiger partial charge in [0, 0.05) is 25.0 Å².